The van der Waals surface area contributed by atoms with Crippen molar-refractivity contribution in [2.75, 3.05) is 32.2 Å². The molecule has 10 heteroatoms. The number of ether oxygens (including phenoxy) is 2. The first-order chi connectivity index (χ1) is 16.4. The number of thioether (sulfide) groups is 1. The highest BCUT2D eigenvalue weighted by molar-refractivity contribution is 7.99. The summed E-state index contributed by atoms with van der Waals surface area (Å²) in [4.78, 5) is 26.9. The van der Waals surface area contributed by atoms with Crippen molar-refractivity contribution in [2.24, 2.45) is 0 Å². The molecule has 1 aliphatic rings. The van der Waals surface area contributed by atoms with Crippen molar-refractivity contribution in [1.29, 1.82) is 0 Å². The smallest absolute Gasteiger partial charge is 0.318 e. The zero-order valence-corrected chi connectivity index (χ0v) is 20.1. The molecular formula is C24H23NO7S2. The van der Waals surface area contributed by atoms with Crippen LogP contribution < -0.4 is 0 Å². The van der Waals surface area contributed by atoms with Crippen LogP contribution in [0.2, 0.25) is 0 Å². The lowest BCUT2D eigenvalue weighted by molar-refractivity contribution is -0.0155. The zero-order valence-electron chi connectivity index (χ0n) is 18.4. The Bertz CT molecular complexity index is 1290. The van der Waals surface area contributed by atoms with Crippen molar-refractivity contribution in [1.82, 2.24) is 5.06 Å². The van der Waals surface area contributed by atoms with E-state index in [9.17, 15) is 18.0 Å². The molecule has 0 saturated heterocycles. The van der Waals surface area contributed by atoms with Crippen LogP contribution in [0.3, 0.4) is 0 Å². The van der Waals surface area contributed by atoms with Crippen LogP contribution in [0.25, 0.3) is 10.8 Å². The van der Waals surface area contributed by atoms with E-state index in [2.05, 4.69) is 0 Å². The number of benzene rings is 3. The van der Waals surface area contributed by atoms with Crippen molar-refractivity contribution in [3.8, 4) is 0 Å². The Hall–Kier alpha value is -2.76. The molecule has 0 radical (unpaired) electrons. The molecule has 0 bridgehead atoms. The number of hydroxylamine groups is 2. The highest BCUT2D eigenvalue weighted by atomic mass is 32.2. The number of hydrogen-bond donors (Lipinski definition) is 0. The SMILES string of the molecule is CCOCCOCCSc1ccc2c3c(cccc13)C(=O)N(OS(=O)(=O)c1ccccc1)C2=O. The molecule has 0 aromatic heterocycles. The van der Waals surface area contributed by atoms with E-state index in [1.807, 2.05) is 13.0 Å². The number of carbonyl (C=O) groups is 2. The van der Waals surface area contributed by atoms with Crippen molar-refractivity contribution in [3.63, 3.8) is 0 Å². The van der Waals surface area contributed by atoms with Gasteiger partial charge in [-0.15, -0.1) is 21.1 Å². The second-order valence-corrected chi connectivity index (χ2v) is 9.91. The Balaban J connectivity index is 1.56. The van der Waals surface area contributed by atoms with Gasteiger partial charge in [0, 0.05) is 22.6 Å². The van der Waals surface area contributed by atoms with Gasteiger partial charge in [0.05, 0.1) is 35.8 Å². The van der Waals surface area contributed by atoms with Crippen molar-refractivity contribution in [2.45, 2.75) is 16.7 Å². The highest BCUT2D eigenvalue weighted by Gasteiger charge is 2.38. The molecule has 1 aliphatic heterocycles. The minimum Gasteiger partial charge on any atom is -0.379 e. The molecule has 0 spiro atoms. The monoisotopic (exact) mass is 501 g/mol. The fourth-order valence-corrected chi connectivity index (χ4v) is 5.36. The van der Waals surface area contributed by atoms with E-state index < -0.39 is 21.9 Å². The summed E-state index contributed by atoms with van der Waals surface area (Å²) >= 11 is 1.55. The van der Waals surface area contributed by atoms with Gasteiger partial charge in [-0.25, -0.2) is 0 Å². The van der Waals surface area contributed by atoms with Gasteiger partial charge in [0.15, 0.2) is 0 Å². The predicted octanol–water partition coefficient (Wildman–Crippen LogP) is 3.90. The maximum atomic E-state index is 13.1. The van der Waals surface area contributed by atoms with Crippen molar-refractivity contribution in [3.05, 3.63) is 71.8 Å². The molecule has 0 atom stereocenters. The van der Waals surface area contributed by atoms with Crippen LogP contribution in [0, 0.1) is 0 Å². The molecule has 3 aromatic carbocycles. The molecule has 178 valence electrons. The Labute approximate surface area is 201 Å². The second-order valence-electron chi connectivity index (χ2n) is 7.24. The summed E-state index contributed by atoms with van der Waals surface area (Å²) in [6.45, 7) is 4.17. The Morgan fingerprint density at radius 1 is 0.824 bits per heavy atom. The average molecular weight is 502 g/mol. The lowest BCUT2D eigenvalue weighted by Crippen LogP contribution is -2.41. The number of rotatable bonds is 11. The quantitative estimate of drug-likeness (QED) is 0.222. The van der Waals surface area contributed by atoms with E-state index >= 15 is 0 Å². The number of carbonyl (C=O) groups excluding carboxylic acids is 2. The largest absolute Gasteiger partial charge is 0.379 e. The molecule has 0 fully saturated rings. The maximum Gasteiger partial charge on any atom is 0.318 e. The summed E-state index contributed by atoms with van der Waals surface area (Å²) in [5.41, 5.74) is 0.400. The Morgan fingerprint density at radius 3 is 2.26 bits per heavy atom. The summed E-state index contributed by atoms with van der Waals surface area (Å²) in [7, 11) is -4.37. The number of hydrogen-bond acceptors (Lipinski definition) is 8. The maximum absolute atomic E-state index is 13.1. The number of nitrogens with zero attached hydrogens (tertiary/aromatic N) is 1. The third-order valence-electron chi connectivity index (χ3n) is 5.10. The van der Waals surface area contributed by atoms with Crippen molar-refractivity contribution >= 4 is 44.5 Å². The van der Waals surface area contributed by atoms with Gasteiger partial charge in [-0.2, -0.15) is 8.42 Å². The van der Waals surface area contributed by atoms with Crippen LogP contribution in [0.5, 0.6) is 0 Å². The lowest BCUT2D eigenvalue weighted by atomic mass is 9.95. The average Bonchev–Trinajstić information content (AvgIpc) is 2.85. The summed E-state index contributed by atoms with van der Waals surface area (Å²) in [6, 6.07) is 15.8. The van der Waals surface area contributed by atoms with E-state index in [0.717, 1.165) is 10.3 Å². The van der Waals surface area contributed by atoms with Crippen LogP contribution >= 0.6 is 11.8 Å². The second kappa shape index (κ2) is 10.7. The molecule has 3 aromatic rings. The van der Waals surface area contributed by atoms with Gasteiger partial charge in [0.2, 0.25) is 0 Å². The number of imide groups is 1. The van der Waals surface area contributed by atoms with E-state index in [0.29, 0.717) is 42.6 Å². The van der Waals surface area contributed by atoms with Gasteiger partial charge in [0.1, 0.15) is 0 Å². The van der Waals surface area contributed by atoms with E-state index in [-0.39, 0.29) is 16.0 Å². The molecule has 0 aliphatic carbocycles. The highest BCUT2D eigenvalue weighted by Crippen LogP contribution is 2.36. The fourth-order valence-electron chi connectivity index (χ4n) is 3.54. The molecule has 34 heavy (non-hydrogen) atoms. The van der Waals surface area contributed by atoms with Crippen molar-refractivity contribution < 1.29 is 31.8 Å². The van der Waals surface area contributed by atoms with Gasteiger partial charge in [-0.05, 0) is 42.6 Å². The standard InChI is InChI=1S/C24H23NO7S2/c1-2-30-13-14-31-15-16-33-21-12-11-20-22-18(21)9-6-10-19(22)23(26)25(24(20)27)32-34(28,29)17-7-4-3-5-8-17/h3-12H,2,13-16H2,1H3. The van der Waals surface area contributed by atoms with Crippen LogP contribution in [-0.4, -0.2) is 57.5 Å². The Morgan fingerprint density at radius 2 is 1.53 bits per heavy atom. The van der Waals surface area contributed by atoms with Crippen LogP contribution in [-0.2, 0) is 23.9 Å². The van der Waals surface area contributed by atoms with Gasteiger partial charge in [-0.3, -0.25) is 9.59 Å². The minimum atomic E-state index is -4.37. The molecule has 0 saturated carbocycles. The van der Waals surface area contributed by atoms with Crippen LogP contribution in [0.15, 0.2) is 70.5 Å². The van der Waals surface area contributed by atoms with Crippen LogP contribution in [0.4, 0.5) is 0 Å². The molecule has 1 heterocycles. The molecule has 0 N–H and O–H groups in total. The summed E-state index contributed by atoms with van der Waals surface area (Å²) in [5.74, 6) is -0.981. The molecule has 2 amide bonds. The molecule has 8 nitrogen and oxygen atoms in total. The summed E-state index contributed by atoms with van der Waals surface area (Å²) < 4.78 is 41.1. The topological polar surface area (TPSA) is 99.2 Å². The van der Waals surface area contributed by atoms with Gasteiger partial charge in [0.25, 0.3) is 11.8 Å². The number of amides is 2. The first-order valence-electron chi connectivity index (χ1n) is 10.7. The van der Waals surface area contributed by atoms with E-state index in [1.54, 1.807) is 42.1 Å². The third kappa shape index (κ3) is 5.01. The summed E-state index contributed by atoms with van der Waals surface area (Å²) in [6.07, 6.45) is 0. The van der Waals surface area contributed by atoms with Gasteiger partial charge in [-0.1, -0.05) is 30.3 Å². The molecule has 4 rings (SSSR count). The predicted molar refractivity (Wildman–Crippen MR) is 127 cm³/mol. The van der Waals surface area contributed by atoms with Gasteiger partial charge >= 0.3 is 10.1 Å². The van der Waals surface area contributed by atoms with Gasteiger partial charge < -0.3 is 9.47 Å². The van der Waals surface area contributed by atoms with E-state index in [1.165, 1.54) is 24.3 Å². The van der Waals surface area contributed by atoms with E-state index in [4.69, 9.17) is 13.8 Å². The fraction of sp³-hybridized carbons (Fsp3) is 0.250. The normalized spacial score (nSPS) is 13.6. The third-order valence-corrected chi connectivity index (χ3v) is 7.33. The minimum absolute atomic E-state index is 0.158. The first-order valence-corrected chi connectivity index (χ1v) is 13.1. The lowest BCUT2D eigenvalue weighted by Gasteiger charge is -2.26. The first kappa shape index (κ1) is 24.4. The summed E-state index contributed by atoms with van der Waals surface area (Å²) in [5, 5.41) is 1.54. The molecule has 0 unspecified atom stereocenters. The molecular weight excluding hydrogens is 478 g/mol. The Kier molecular flexibility index (Phi) is 7.64. The zero-order chi connectivity index (χ0) is 24.1. The van der Waals surface area contributed by atoms with Crippen LogP contribution in [0.1, 0.15) is 27.6 Å².